The third-order valence-corrected chi connectivity index (χ3v) is 2.79. The lowest BCUT2D eigenvalue weighted by atomic mass is 10.4. The summed E-state index contributed by atoms with van der Waals surface area (Å²) in [4.78, 5) is 0. The summed E-state index contributed by atoms with van der Waals surface area (Å²) in [6.45, 7) is 2.00. The van der Waals surface area contributed by atoms with E-state index in [1.807, 2.05) is 17.5 Å². The highest BCUT2D eigenvalue weighted by Gasteiger charge is 1.94. The maximum Gasteiger partial charge on any atom is 0.0698 e. The van der Waals surface area contributed by atoms with Crippen molar-refractivity contribution in [3.05, 3.63) is 21.3 Å². The minimum absolute atomic E-state index is 1.00. The van der Waals surface area contributed by atoms with Gasteiger partial charge in [-0.1, -0.05) is 6.07 Å². The molecular weight excluding hydrogens is 224 g/mol. The van der Waals surface area contributed by atoms with E-state index in [0.29, 0.717) is 0 Å². The number of hydrogen-bond acceptors (Lipinski definition) is 2. The van der Waals surface area contributed by atoms with Gasteiger partial charge in [0.1, 0.15) is 0 Å². The third-order valence-electron chi connectivity index (χ3n) is 1.31. The summed E-state index contributed by atoms with van der Waals surface area (Å²) < 4.78 is 6.14. The highest BCUT2D eigenvalue weighted by molar-refractivity contribution is 9.11. The van der Waals surface area contributed by atoms with Crippen LogP contribution in [0.3, 0.4) is 0 Å². The summed E-state index contributed by atoms with van der Waals surface area (Å²) in [5, 5.41) is 2.03. The predicted molar refractivity (Wildman–Crippen MR) is 52.1 cm³/mol. The average molecular weight is 235 g/mol. The smallest absolute Gasteiger partial charge is 0.0698 e. The number of rotatable bonds is 0. The first kappa shape index (κ1) is 9.23. The summed E-state index contributed by atoms with van der Waals surface area (Å²) in [6, 6.07) is 4.03. The van der Waals surface area contributed by atoms with Crippen LogP contribution in [0.25, 0.3) is 0 Å². The first-order chi connectivity index (χ1) is 5.39. The van der Waals surface area contributed by atoms with Crippen LogP contribution in [0, 0.1) is 0 Å². The van der Waals surface area contributed by atoms with Crippen molar-refractivity contribution in [2.75, 3.05) is 13.2 Å². The van der Waals surface area contributed by atoms with Gasteiger partial charge in [-0.15, -0.1) is 11.3 Å². The van der Waals surface area contributed by atoms with Crippen LogP contribution in [0.2, 0.25) is 0 Å². The molecule has 1 aliphatic rings. The van der Waals surface area contributed by atoms with Gasteiger partial charge in [-0.3, -0.25) is 0 Å². The lowest BCUT2D eigenvalue weighted by molar-refractivity contribution is 0.198. The molecule has 0 spiro atoms. The quantitative estimate of drug-likeness (QED) is 0.670. The van der Waals surface area contributed by atoms with Crippen LogP contribution >= 0.6 is 27.3 Å². The number of hydrogen-bond donors (Lipinski definition) is 0. The van der Waals surface area contributed by atoms with E-state index in [1.165, 1.54) is 16.6 Å². The Morgan fingerprint density at radius 1 is 1.36 bits per heavy atom. The minimum atomic E-state index is 1.00. The van der Waals surface area contributed by atoms with Gasteiger partial charge in [0.05, 0.1) is 3.79 Å². The van der Waals surface area contributed by atoms with E-state index >= 15 is 0 Å². The average Bonchev–Trinajstić information content (AvgIpc) is 2.57. The lowest BCUT2D eigenvalue weighted by Crippen LogP contribution is -1.74. The molecule has 0 amide bonds. The first-order valence-electron chi connectivity index (χ1n) is 3.66. The van der Waals surface area contributed by atoms with Crippen LogP contribution in [0.4, 0.5) is 0 Å². The van der Waals surface area contributed by atoms with Crippen molar-refractivity contribution < 1.29 is 4.74 Å². The molecule has 1 saturated heterocycles. The Bertz CT molecular complexity index is 163. The summed E-state index contributed by atoms with van der Waals surface area (Å²) in [5.41, 5.74) is 0. The van der Waals surface area contributed by atoms with Crippen molar-refractivity contribution >= 4 is 27.3 Å². The summed E-state index contributed by atoms with van der Waals surface area (Å²) in [6.07, 6.45) is 2.56. The minimum Gasteiger partial charge on any atom is -0.381 e. The third kappa shape index (κ3) is 4.56. The molecule has 0 atom stereocenters. The Kier molecular flexibility index (Phi) is 4.82. The maximum absolute atomic E-state index is 4.94. The second-order valence-electron chi connectivity index (χ2n) is 2.24. The monoisotopic (exact) mass is 234 g/mol. The van der Waals surface area contributed by atoms with Gasteiger partial charge in [-0.2, -0.15) is 0 Å². The molecule has 0 aromatic carbocycles. The van der Waals surface area contributed by atoms with E-state index < -0.39 is 0 Å². The number of thiophene rings is 1. The van der Waals surface area contributed by atoms with E-state index in [-0.39, 0.29) is 0 Å². The van der Waals surface area contributed by atoms with E-state index in [2.05, 4.69) is 15.9 Å². The Morgan fingerprint density at radius 3 is 2.27 bits per heavy atom. The van der Waals surface area contributed by atoms with E-state index in [0.717, 1.165) is 13.2 Å². The van der Waals surface area contributed by atoms with Gasteiger partial charge in [0, 0.05) is 13.2 Å². The van der Waals surface area contributed by atoms with Crippen LogP contribution in [-0.4, -0.2) is 13.2 Å². The lowest BCUT2D eigenvalue weighted by Gasteiger charge is -1.76. The van der Waals surface area contributed by atoms with Crippen molar-refractivity contribution in [2.24, 2.45) is 0 Å². The Balaban J connectivity index is 0.000000112. The Hall–Kier alpha value is 0.140. The molecule has 1 nitrogen and oxygen atoms in total. The van der Waals surface area contributed by atoms with Gasteiger partial charge in [-0.25, -0.2) is 0 Å². The van der Waals surface area contributed by atoms with E-state index in [9.17, 15) is 0 Å². The molecule has 0 aliphatic carbocycles. The van der Waals surface area contributed by atoms with Crippen molar-refractivity contribution in [3.63, 3.8) is 0 Å². The molecular formula is C8H11BrOS. The molecule has 2 heterocycles. The molecule has 1 aromatic heterocycles. The molecule has 3 heteroatoms. The molecule has 1 aromatic rings. The summed E-state index contributed by atoms with van der Waals surface area (Å²) in [5.74, 6) is 0. The van der Waals surface area contributed by atoms with Crippen LogP contribution < -0.4 is 0 Å². The second kappa shape index (κ2) is 5.75. The van der Waals surface area contributed by atoms with Crippen LogP contribution in [0.15, 0.2) is 21.3 Å². The predicted octanol–water partition coefficient (Wildman–Crippen LogP) is 3.31. The molecule has 0 unspecified atom stereocenters. The Morgan fingerprint density at radius 2 is 2.09 bits per heavy atom. The molecule has 1 fully saturated rings. The fourth-order valence-corrected chi connectivity index (χ4v) is 1.69. The Labute approximate surface area is 79.5 Å². The molecule has 0 saturated carbocycles. The number of halogens is 1. The van der Waals surface area contributed by atoms with Gasteiger partial charge >= 0.3 is 0 Å². The summed E-state index contributed by atoms with van der Waals surface area (Å²) >= 11 is 4.99. The molecule has 0 radical (unpaired) electrons. The standard InChI is InChI=1S/C4H3BrS.C4H8O/c5-4-2-1-3-6-4;1-2-4-5-3-1/h1-3H;1-4H2. The second-order valence-corrected chi connectivity index (χ2v) is 4.56. The highest BCUT2D eigenvalue weighted by atomic mass is 79.9. The topological polar surface area (TPSA) is 9.23 Å². The van der Waals surface area contributed by atoms with Gasteiger partial charge in [0.25, 0.3) is 0 Å². The first-order valence-corrected chi connectivity index (χ1v) is 5.33. The molecule has 2 rings (SSSR count). The molecule has 0 bridgehead atoms. The van der Waals surface area contributed by atoms with Gasteiger partial charge in [0.15, 0.2) is 0 Å². The van der Waals surface area contributed by atoms with E-state index in [4.69, 9.17) is 4.74 Å². The van der Waals surface area contributed by atoms with E-state index in [1.54, 1.807) is 11.3 Å². The zero-order valence-electron chi connectivity index (χ0n) is 6.25. The molecule has 62 valence electrons. The SMILES string of the molecule is Brc1cccs1.C1CCOC1. The zero-order chi connectivity index (χ0) is 7.94. The van der Waals surface area contributed by atoms with Crippen molar-refractivity contribution in [2.45, 2.75) is 12.8 Å². The largest absolute Gasteiger partial charge is 0.381 e. The molecule has 0 N–H and O–H groups in total. The maximum atomic E-state index is 4.94. The highest BCUT2D eigenvalue weighted by Crippen LogP contribution is 2.14. The van der Waals surface area contributed by atoms with Crippen molar-refractivity contribution in [1.82, 2.24) is 0 Å². The van der Waals surface area contributed by atoms with Gasteiger partial charge in [0.2, 0.25) is 0 Å². The van der Waals surface area contributed by atoms with Gasteiger partial charge < -0.3 is 4.74 Å². The zero-order valence-corrected chi connectivity index (χ0v) is 8.66. The number of ether oxygens (including phenoxy) is 1. The van der Waals surface area contributed by atoms with Gasteiger partial charge in [-0.05, 0) is 40.2 Å². The van der Waals surface area contributed by atoms with Crippen molar-refractivity contribution in [1.29, 1.82) is 0 Å². The van der Waals surface area contributed by atoms with Crippen LogP contribution in [-0.2, 0) is 4.74 Å². The van der Waals surface area contributed by atoms with Crippen molar-refractivity contribution in [3.8, 4) is 0 Å². The van der Waals surface area contributed by atoms with Crippen LogP contribution in [0.1, 0.15) is 12.8 Å². The normalized spacial score (nSPS) is 15.7. The fourth-order valence-electron chi connectivity index (χ4n) is 0.769. The molecule has 1 aliphatic heterocycles. The molecule has 11 heavy (non-hydrogen) atoms. The summed E-state index contributed by atoms with van der Waals surface area (Å²) in [7, 11) is 0. The fraction of sp³-hybridized carbons (Fsp3) is 0.500. The van der Waals surface area contributed by atoms with Crippen LogP contribution in [0.5, 0.6) is 0 Å².